The number of carbonyl (C=O) groups excluding carboxylic acids is 1. The number of fused-ring (bicyclic) bond motifs is 1. The van der Waals surface area contributed by atoms with E-state index in [1.807, 2.05) is 93.6 Å². The number of likely N-dealkylation sites (N-methyl/N-ethyl adjacent to an activating group) is 2. The van der Waals surface area contributed by atoms with Crippen molar-refractivity contribution in [1.29, 1.82) is 0 Å². The van der Waals surface area contributed by atoms with Crippen LogP contribution in [-0.2, 0) is 65.1 Å². The minimum atomic E-state index is -1.60. The summed E-state index contributed by atoms with van der Waals surface area (Å²) in [5, 5.41) is 46.8. The molecular weight excluding hydrogens is 1020 g/mol. The number of cyclic esters (lactones) is 1. The van der Waals surface area contributed by atoms with Gasteiger partial charge in [-0.25, -0.2) is 4.79 Å². The van der Waals surface area contributed by atoms with Crippen LogP contribution < -0.4 is 5.43 Å². The molecule has 2 aromatic rings. The highest BCUT2D eigenvalue weighted by Gasteiger charge is 2.53. The van der Waals surface area contributed by atoms with E-state index >= 15 is 0 Å². The maximum Gasteiger partial charge on any atom is 0.341 e. The van der Waals surface area contributed by atoms with Crippen molar-refractivity contribution in [2.45, 2.75) is 218 Å². The van der Waals surface area contributed by atoms with Crippen LogP contribution in [0.1, 0.15) is 131 Å². The van der Waals surface area contributed by atoms with Gasteiger partial charge in [0.05, 0.1) is 60.3 Å². The molecule has 4 N–H and O–H groups in total. The summed E-state index contributed by atoms with van der Waals surface area (Å²) in [6.45, 7) is 23.6. The predicted octanol–water partition coefficient (Wildman–Crippen LogP) is 5.67. The Kier molecular flexibility index (Phi) is 24.8. The number of aromatic nitrogens is 1. The summed E-state index contributed by atoms with van der Waals surface area (Å²) in [4.78, 5) is 43.3. The number of aromatic carboxylic acids is 1. The molecule has 4 heterocycles. The van der Waals surface area contributed by atoms with Crippen molar-refractivity contribution in [1.82, 2.24) is 14.4 Å². The van der Waals surface area contributed by atoms with Gasteiger partial charge in [-0.15, -0.1) is 0 Å². The Balaban J connectivity index is 1.25. The van der Waals surface area contributed by atoms with E-state index in [2.05, 4.69) is 4.90 Å². The molecule has 79 heavy (non-hydrogen) atoms. The molecular formula is C59H99N3O17. The van der Waals surface area contributed by atoms with Gasteiger partial charge < -0.3 is 82.2 Å². The van der Waals surface area contributed by atoms with Crippen molar-refractivity contribution >= 4 is 22.8 Å². The molecule has 20 nitrogen and oxygen atoms in total. The molecule has 20 heteroatoms. The summed E-state index contributed by atoms with van der Waals surface area (Å²) in [7, 11) is 8.90. The number of ether oxygens (including phenoxy) is 10. The first-order chi connectivity index (χ1) is 37.1. The third-order valence-electron chi connectivity index (χ3n) is 17.0. The Bertz CT molecular complexity index is 2300. The first kappa shape index (κ1) is 66.6. The van der Waals surface area contributed by atoms with Gasteiger partial charge in [0.25, 0.3) is 0 Å². The second kappa shape index (κ2) is 29.4. The van der Waals surface area contributed by atoms with Crippen molar-refractivity contribution in [3.05, 3.63) is 45.7 Å². The van der Waals surface area contributed by atoms with E-state index in [9.17, 15) is 34.8 Å². The lowest BCUT2D eigenvalue weighted by molar-refractivity contribution is -0.321. The minimum absolute atomic E-state index is 0.117. The first-order valence-electron chi connectivity index (χ1n) is 28.7. The molecule has 0 amide bonds. The summed E-state index contributed by atoms with van der Waals surface area (Å²) < 4.78 is 65.3. The molecule has 0 bridgehead atoms. The van der Waals surface area contributed by atoms with Gasteiger partial charge in [0, 0.05) is 83.1 Å². The van der Waals surface area contributed by atoms with Crippen LogP contribution in [0.2, 0.25) is 0 Å². The second-order valence-corrected chi connectivity index (χ2v) is 23.7. The van der Waals surface area contributed by atoms with Gasteiger partial charge in [-0.2, -0.15) is 0 Å². The molecule has 0 unspecified atom stereocenters. The van der Waals surface area contributed by atoms with E-state index in [-0.39, 0.29) is 42.5 Å². The molecule has 0 saturated carbocycles. The predicted molar refractivity (Wildman–Crippen MR) is 298 cm³/mol. The van der Waals surface area contributed by atoms with Gasteiger partial charge in [0.1, 0.15) is 35.6 Å². The van der Waals surface area contributed by atoms with Crippen LogP contribution in [0.3, 0.4) is 0 Å². The van der Waals surface area contributed by atoms with Crippen LogP contribution in [0.4, 0.5) is 0 Å². The summed E-state index contributed by atoms with van der Waals surface area (Å²) in [6.07, 6.45) is -3.55. The monoisotopic (exact) mass is 1120 g/mol. The highest BCUT2D eigenvalue weighted by molar-refractivity contribution is 5.92. The molecule has 0 spiro atoms. The van der Waals surface area contributed by atoms with Crippen molar-refractivity contribution < 1.29 is 77.4 Å². The SMILES string of the molecule is CC[C@H]1OC(=O)[C@H](C)[C@@H](O[C@H]2C[C@@](C)(OC)[C@@H](OCCCOCCOCCCc3ccc4c(c3)c(=O)c(C(=O)O)cn4CC)[C@H](C)O2)[C@H](C)[C@@H](O[C@@H]2O[C@H](C)C[C@H](N(C)C)[C@H]2O)[C@](C)(O)C[C@@H](C)CN(C)[C@H](C)[C@@H](OC)[C@]1(C)O. The number of aliphatic hydroxyl groups is 3. The Hall–Kier alpha value is -3.19. The summed E-state index contributed by atoms with van der Waals surface area (Å²) in [6, 6.07) is 4.98. The fourth-order valence-electron chi connectivity index (χ4n) is 12.5. The quantitative estimate of drug-likeness (QED) is 0.0821. The van der Waals surface area contributed by atoms with Crippen molar-refractivity contribution in [3.8, 4) is 0 Å². The fraction of sp³-hybridized carbons (Fsp3) is 0.814. The molecule has 1 aromatic heterocycles. The molecule has 0 radical (unpaired) electrons. The highest BCUT2D eigenvalue weighted by atomic mass is 16.7. The number of aliphatic hydroxyl groups excluding tert-OH is 1. The van der Waals surface area contributed by atoms with Crippen LogP contribution in [-0.4, -0.2) is 212 Å². The van der Waals surface area contributed by atoms with E-state index in [0.717, 1.165) is 5.56 Å². The zero-order valence-corrected chi connectivity index (χ0v) is 50.3. The molecule has 3 aliphatic rings. The standard InChI is InChI=1S/C59H99N3O17/c1-17-46-59(11,69)52(70-15)39(7)61(14)33-35(3)31-57(9,68)51(79-56-49(64)45(60(12)13)29-36(4)75-56)37(5)50(38(6)55(67)77-46)78-47-32-58(10,71-16)53(40(8)76-47)74-26-20-25-73-28-27-72-24-19-21-41-22-23-44-42(30-41)48(63)43(54(65)66)34-62(44)18-2/h22-23,30,34-40,45-47,49-53,56,64,68-69H,17-21,24-29,31-33H2,1-16H3,(H,65,66)/t35-,36-,37+,38-,39-,40+,45+,46-,47+,49-,50+,51-,52-,53+,56+,57-,58-,59-/m1/s1. The molecule has 452 valence electrons. The first-order valence-corrected chi connectivity index (χ1v) is 28.7. The third kappa shape index (κ3) is 16.5. The van der Waals surface area contributed by atoms with Gasteiger partial charge >= 0.3 is 11.9 Å². The summed E-state index contributed by atoms with van der Waals surface area (Å²) in [5.41, 5.74) is -3.17. The van der Waals surface area contributed by atoms with E-state index in [1.54, 1.807) is 45.6 Å². The van der Waals surface area contributed by atoms with Gasteiger partial charge in [-0.1, -0.05) is 26.8 Å². The van der Waals surface area contributed by atoms with Crippen LogP contribution in [0.15, 0.2) is 29.2 Å². The number of nitrogens with zero attached hydrogens (tertiary/aromatic N) is 3. The van der Waals surface area contributed by atoms with Gasteiger partial charge in [-0.05, 0) is 139 Å². The van der Waals surface area contributed by atoms with E-state index in [1.165, 1.54) is 6.20 Å². The third-order valence-corrected chi connectivity index (χ3v) is 17.0. The van der Waals surface area contributed by atoms with Crippen molar-refractivity contribution in [3.63, 3.8) is 0 Å². The molecule has 3 saturated heterocycles. The number of carbonyl (C=O) groups is 2. The number of carboxylic acid groups (broad SMARTS) is 1. The van der Waals surface area contributed by atoms with Gasteiger partial charge in [0.15, 0.2) is 12.6 Å². The molecule has 0 aliphatic carbocycles. The number of aryl methyl sites for hydroxylation is 2. The van der Waals surface area contributed by atoms with E-state index < -0.39 is 101 Å². The summed E-state index contributed by atoms with van der Waals surface area (Å²) in [5.74, 6) is -3.75. The maximum atomic E-state index is 14.7. The average molecular weight is 1120 g/mol. The van der Waals surface area contributed by atoms with Crippen LogP contribution in [0, 0.1) is 17.8 Å². The average Bonchev–Trinajstić information content (AvgIpc) is 3.40. The molecule has 5 rings (SSSR count). The maximum absolute atomic E-state index is 14.7. The molecule has 1 aromatic carbocycles. The molecule has 3 aliphatic heterocycles. The normalized spacial score (nSPS) is 36.7. The Morgan fingerprint density at radius 2 is 1.54 bits per heavy atom. The molecule has 18 atom stereocenters. The Labute approximate surface area is 469 Å². The van der Waals surface area contributed by atoms with E-state index in [4.69, 9.17) is 47.4 Å². The Morgan fingerprint density at radius 3 is 2.15 bits per heavy atom. The highest BCUT2D eigenvalue weighted by Crippen LogP contribution is 2.41. The van der Waals surface area contributed by atoms with E-state index in [0.29, 0.717) is 89.1 Å². The number of pyridine rings is 1. The lowest BCUT2D eigenvalue weighted by Gasteiger charge is -2.49. The zero-order chi connectivity index (χ0) is 58.7. The lowest BCUT2D eigenvalue weighted by atomic mass is 9.77. The number of benzene rings is 1. The van der Waals surface area contributed by atoms with Crippen LogP contribution in [0.5, 0.6) is 0 Å². The lowest BCUT2D eigenvalue weighted by Crippen LogP contribution is -2.61. The molecule has 3 fully saturated rings. The topological polar surface area (TPSA) is 236 Å². The Morgan fingerprint density at radius 1 is 0.873 bits per heavy atom. The largest absolute Gasteiger partial charge is 0.477 e. The minimum Gasteiger partial charge on any atom is -0.477 e. The second-order valence-electron chi connectivity index (χ2n) is 23.7. The number of rotatable bonds is 22. The van der Waals surface area contributed by atoms with Crippen LogP contribution >= 0.6 is 0 Å². The summed E-state index contributed by atoms with van der Waals surface area (Å²) >= 11 is 0. The zero-order valence-electron chi connectivity index (χ0n) is 50.3. The fourth-order valence-corrected chi connectivity index (χ4v) is 12.5. The van der Waals surface area contributed by atoms with Gasteiger partial charge in [-0.3, -0.25) is 9.59 Å². The number of carboxylic acids is 1. The van der Waals surface area contributed by atoms with Crippen molar-refractivity contribution in [2.75, 3.05) is 74.9 Å². The van der Waals surface area contributed by atoms with Crippen molar-refractivity contribution in [2.24, 2.45) is 17.8 Å². The van der Waals surface area contributed by atoms with Gasteiger partial charge in [0.2, 0.25) is 5.43 Å². The number of hydrogen-bond donors (Lipinski definition) is 4. The van der Waals surface area contributed by atoms with Crippen LogP contribution in [0.25, 0.3) is 10.9 Å². The number of esters is 1. The smallest absolute Gasteiger partial charge is 0.341 e. The number of hydrogen-bond acceptors (Lipinski definition) is 18. The number of methoxy groups -OCH3 is 2.